The van der Waals surface area contributed by atoms with E-state index in [1.165, 1.54) is 45.1 Å². The summed E-state index contributed by atoms with van der Waals surface area (Å²) in [5.41, 5.74) is 0.721. The van der Waals surface area contributed by atoms with Crippen LogP contribution in [0.15, 0.2) is 0 Å². The molecule has 0 aromatic rings. The highest BCUT2D eigenvalue weighted by atomic mass is 15.0. The average Bonchev–Trinajstić information content (AvgIpc) is 2.99. The number of hydrogen-bond acceptors (Lipinski definition) is 1. The maximum Gasteiger partial charge on any atom is 0.00684 e. The molecular formula is C12H23N. The van der Waals surface area contributed by atoms with E-state index in [4.69, 9.17) is 0 Å². The summed E-state index contributed by atoms with van der Waals surface area (Å²) in [5.74, 6) is 0.948. The fourth-order valence-electron chi connectivity index (χ4n) is 2.38. The van der Waals surface area contributed by atoms with Crippen LogP contribution in [0.3, 0.4) is 0 Å². The molecule has 0 aromatic carbocycles. The first kappa shape index (κ1) is 9.51. The minimum absolute atomic E-state index is 0.721. The van der Waals surface area contributed by atoms with Gasteiger partial charge >= 0.3 is 0 Å². The molecule has 0 aliphatic heterocycles. The van der Waals surface area contributed by atoms with E-state index in [9.17, 15) is 0 Å². The fourth-order valence-corrected chi connectivity index (χ4v) is 2.38. The van der Waals surface area contributed by atoms with Gasteiger partial charge < -0.3 is 5.32 Å². The molecule has 0 bridgehead atoms. The molecule has 2 saturated carbocycles. The molecule has 13 heavy (non-hydrogen) atoms. The first-order valence-electron chi connectivity index (χ1n) is 6.00. The molecule has 1 N–H and O–H groups in total. The SMILES string of the molecule is CCCC(C)C1(CNC2CC2)CC1. The highest BCUT2D eigenvalue weighted by molar-refractivity contribution is 4.99. The van der Waals surface area contributed by atoms with Gasteiger partial charge in [0.2, 0.25) is 0 Å². The van der Waals surface area contributed by atoms with Gasteiger partial charge in [-0.15, -0.1) is 0 Å². The third-order valence-corrected chi connectivity index (χ3v) is 3.98. The minimum Gasteiger partial charge on any atom is -0.313 e. The van der Waals surface area contributed by atoms with E-state index >= 15 is 0 Å². The van der Waals surface area contributed by atoms with Crippen molar-refractivity contribution in [2.24, 2.45) is 11.3 Å². The summed E-state index contributed by atoms with van der Waals surface area (Å²) in [6, 6.07) is 0.895. The molecule has 2 rings (SSSR count). The minimum atomic E-state index is 0.721. The van der Waals surface area contributed by atoms with Crippen molar-refractivity contribution in [3.05, 3.63) is 0 Å². The van der Waals surface area contributed by atoms with Gasteiger partial charge in [-0.1, -0.05) is 26.7 Å². The van der Waals surface area contributed by atoms with Crippen molar-refractivity contribution in [1.82, 2.24) is 5.32 Å². The van der Waals surface area contributed by atoms with E-state index in [1.54, 1.807) is 0 Å². The van der Waals surface area contributed by atoms with E-state index in [1.807, 2.05) is 0 Å². The zero-order valence-corrected chi connectivity index (χ0v) is 9.10. The monoisotopic (exact) mass is 181 g/mol. The van der Waals surface area contributed by atoms with Crippen LogP contribution < -0.4 is 5.32 Å². The maximum atomic E-state index is 3.70. The Morgan fingerprint density at radius 1 is 1.38 bits per heavy atom. The molecule has 2 fully saturated rings. The Kier molecular flexibility index (Phi) is 2.64. The second kappa shape index (κ2) is 3.61. The Bertz CT molecular complexity index is 168. The Balaban J connectivity index is 1.73. The molecular weight excluding hydrogens is 158 g/mol. The van der Waals surface area contributed by atoms with Crippen LogP contribution in [0.1, 0.15) is 52.4 Å². The summed E-state index contributed by atoms with van der Waals surface area (Å²) in [5, 5.41) is 3.70. The van der Waals surface area contributed by atoms with Gasteiger partial charge in [0.25, 0.3) is 0 Å². The fraction of sp³-hybridized carbons (Fsp3) is 1.00. The van der Waals surface area contributed by atoms with E-state index in [0.717, 1.165) is 17.4 Å². The largest absolute Gasteiger partial charge is 0.313 e. The van der Waals surface area contributed by atoms with Crippen molar-refractivity contribution >= 4 is 0 Å². The summed E-state index contributed by atoms with van der Waals surface area (Å²) in [4.78, 5) is 0. The van der Waals surface area contributed by atoms with E-state index in [-0.39, 0.29) is 0 Å². The van der Waals surface area contributed by atoms with E-state index in [2.05, 4.69) is 19.2 Å². The van der Waals surface area contributed by atoms with Crippen LogP contribution in [-0.4, -0.2) is 12.6 Å². The summed E-state index contributed by atoms with van der Waals surface area (Å²) in [7, 11) is 0. The van der Waals surface area contributed by atoms with Gasteiger partial charge in [-0.25, -0.2) is 0 Å². The highest BCUT2D eigenvalue weighted by Gasteiger charge is 2.46. The Labute approximate surface area is 82.3 Å². The second-order valence-corrected chi connectivity index (χ2v) is 5.21. The lowest BCUT2D eigenvalue weighted by Gasteiger charge is -2.23. The third-order valence-electron chi connectivity index (χ3n) is 3.98. The van der Waals surface area contributed by atoms with Crippen LogP contribution in [0.2, 0.25) is 0 Å². The van der Waals surface area contributed by atoms with Gasteiger partial charge in [0.1, 0.15) is 0 Å². The molecule has 2 aliphatic carbocycles. The molecule has 76 valence electrons. The molecule has 1 nitrogen and oxygen atoms in total. The summed E-state index contributed by atoms with van der Waals surface area (Å²) in [6.45, 7) is 6.06. The summed E-state index contributed by atoms with van der Waals surface area (Å²) < 4.78 is 0. The smallest absolute Gasteiger partial charge is 0.00684 e. The lowest BCUT2D eigenvalue weighted by atomic mass is 9.87. The normalized spacial score (nSPS) is 27.2. The number of hydrogen-bond donors (Lipinski definition) is 1. The highest BCUT2D eigenvalue weighted by Crippen LogP contribution is 2.53. The van der Waals surface area contributed by atoms with E-state index < -0.39 is 0 Å². The number of nitrogens with one attached hydrogen (secondary N) is 1. The van der Waals surface area contributed by atoms with Gasteiger partial charge in [0.05, 0.1) is 0 Å². The predicted molar refractivity (Wildman–Crippen MR) is 56.8 cm³/mol. The van der Waals surface area contributed by atoms with Crippen LogP contribution in [-0.2, 0) is 0 Å². The average molecular weight is 181 g/mol. The van der Waals surface area contributed by atoms with Crippen molar-refractivity contribution in [1.29, 1.82) is 0 Å². The van der Waals surface area contributed by atoms with Crippen molar-refractivity contribution < 1.29 is 0 Å². The molecule has 0 amide bonds. The Morgan fingerprint density at radius 2 is 2.08 bits per heavy atom. The molecule has 0 heterocycles. The zero-order chi connectivity index (χ0) is 9.31. The molecule has 0 spiro atoms. The molecule has 1 unspecified atom stereocenters. The topological polar surface area (TPSA) is 12.0 Å². The molecule has 0 aromatic heterocycles. The lowest BCUT2D eigenvalue weighted by molar-refractivity contribution is 0.295. The summed E-state index contributed by atoms with van der Waals surface area (Å²) in [6.07, 6.45) is 8.59. The van der Waals surface area contributed by atoms with Gasteiger partial charge in [-0.2, -0.15) is 0 Å². The van der Waals surface area contributed by atoms with E-state index in [0.29, 0.717) is 0 Å². The van der Waals surface area contributed by atoms with Crippen LogP contribution in [0.25, 0.3) is 0 Å². The first-order chi connectivity index (χ1) is 6.27. The van der Waals surface area contributed by atoms with Crippen LogP contribution in [0.5, 0.6) is 0 Å². The second-order valence-electron chi connectivity index (χ2n) is 5.21. The first-order valence-corrected chi connectivity index (χ1v) is 6.00. The summed E-state index contributed by atoms with van der Waals surface area (Å²) >= 11 is 0. The molecule has 0 radical (unpaired) electrons. The molecule has 0 saturated heterocycles. The van der Waals surface area contributed by atoms with Crippen molar-refractivity contribution in [2.75, 3.05) is 6.54 Å². The van der Waals surface area contributed by atoms with Crippen molar-refractivity contribution in [3.8, 4) is 0 Å². The maximum absolute atomic E-state index is 3.70. The standard InChI is InChI=1S/C12H23N/c1-3-4-10(2)12(7-8-12)9-13-11-5-6-11/h10-11,13H,3-9H2,1-2H3. The van der Waals surface area contributed by atoms with Crippen LogP contribution >= 0.6 is 0 Å². The van der Waals surface area contributed by atoms with Gasteiger partial charge in [-0.3, -0.25) is 0 Å². The Morgan fingerprint density at radius 3 is 2.54 bits per heavy atom. The number of rotatable bonds is 6. The van der Waals surface area contributed by atoms with Crippen LogP contribution in [0, 0.1) is 11.3 Å². The molecule has 1 heteroatoms. The molecule has 1 atom stereocenters. The van der Waals surface area contributed by atoms with Crippen molar-refractivity contribution in [2.45, 2.75) is 58.4 Å². The van der Waals surface area contributed by atoms with Gasteiger partial charge in [0, 0.05) is 12.6 Å². The Hall–Kier alpha value is -0.0400. The van der Waals surface area contributed by atoms with Gasteiger partial charge in [0.15, 0.2) is 0 Å². The third kappa shape index (κ3) is 2.25. The van der Waals surface area contributed by atoms with Crippen molar-refractivity contribution in [3.63, 3.8) is 0 Å². The molecule has 2 aliphatic rings. The zero-order valence-electron chi connectivity index (χ0n) is 9.10. The van der Waals surface area contributed by atoms with Crippen LogP contribution in [0.4, 0.5) is 0 Å². The quantitative estimate of drug-likeness (QED) is 0.664. The van der Waals surface area contributed by atoms with Gasteiger partial charge in [-0.05, 0) is 37.0 Å². The predicted octanol–water partition coefficient (Wildman–Crippen LogP) is 2.95. The lowest BCUT2D eigenvalue weighted by Crippen LogP contribution is -2.30.